The molecule has 5 rings (SSSR count). The molecule has 0 aromatic heterocycles. The van der Waals surface area contributed by atoms with Gasteiger partial charge in [0.25, 0.3) is 5.91 Å². The molecule has 2 aliphatic rings. The van der Waals surface area contributed by atoms with Crippen LogP contribution >= 0.6 is 0 Å². The van der Waals surface area contributed by atoms with Gasteiger partial charge < -0.3 is 19.4 Å². The number of hydrogen-bond donors (Lipinski definition) is 0. The van der Waals surface area contributed by atoms with Crippen molar-refractivity contribution in [3.63, 3.8) is 0 Å². The van der Waals surface area contributed by atoms with Gasteiger partial charge in [-0.3, -0.25) is 4.79 Å². The second kappa shape index (κ2) is 12.7. The monoisotopic (exact) mass is 565 g/mol. The first-order valence-corrected chi connectivity index (χ1v) is 14.1. The highest BCUT2D eigenvalue weighted by Gasteiger charge is 2.31. The third kappa shape index (κ3) is 7.01. The summed E-state index contributed by atoms with van der Waals surface area (Å²) in [6.07, 6.45) is -0.626. The van der Waals surface area contributed by atoms with Crippen molar-refractivity contribution in [1.29, 1.82) is 0 Å². The number of amides is 1. The SMILES string of the molecule is CCC(=NOC1CCCc2ccccc21)c1ccc(OCC(=O)N2CCN(c3cccc(C(F)(F)F)c3)CC2)cc1. The number of carbonyl (C=O) groups is 1. The Morgan fingerprint density at radius 1 is 0.976 bits per heavy atom. The predicted octanol–water partition coefficient (Wildman–Crippen LogP) is 6.64. The summed E-state index contributed by atoms with van der Waals surface area (Å²) in [6, 6.07) is 21.1. The number of oxime groups is 1. The van der Waals surface area contributed by atoms with Crippen LogP contribution in [-0.2, 0) is 22.2 Å². The Kier molecular flexibility index (Phi) is 8.81. The maximum Gasteiger partial charge on any atom is 0.416 e. The van der Waals surface area contributed by atoms with E-state index in [1.54, 1.807) is 11.0 Å². The fourth-order valence-corrected chi connectivity index (χ4v) is 5.34. The smallest absolute Gasteiger partial charge is 0.416 e. The van der Waals surface area contributed by atoms with E-state index >= 15 is 0 Å². The molecule has 3 aromatic carbocycles. The van der Waals surface area contributed by atoms with Crippen molar-refractivity contribution in [3.05, 3.63) is 95.1 Å². The van der Waals surface area contributed by atoms with Crippen molar-refractivity contribution < 1.29 is 27.5 Å². The number of nitrogens with zero attached hydrogens (tertiary/aromatic N) is 3. The lowest BCUT2D eigenvalue weighted by atomic mass is 9.90. The van der Waals surface area contributed by atoms with Gasteiger partial charge in [0, 0.05) is 31.9 Å². The van der Waals surface area contributed by atoms with E-state index in [0.29, 0.717) is 44.0 Å². The van der Waals surface area contributed by atoms with Crippen LogP contribution in [0.2, 0.25) is 0 Å². The Morgan fingerprint density at radius 2 is 1.73 bits per heavy atom. The van der Waals surface area contributed by atoms with Gasteiger partial charge >= 0.3 is 6.18 Å². The first-order chi connectivity index (χ1) is 19.8. The van der Waals surface area contributed by atoms with Gasteiger partial charge in [-0.2, -0.15) is 13.2 Å². The second-order valence-corrected chi connectivity index (χ2v) is 10.3. The molecule has 0 N–H and O–H groups in total. The van der Waals surface area contributed by atoms with E-state index in [9.17, 15) is 18.0 Å². The first kappa shape index (κ1) is 28.5. The maximum atomic E-state index is 13.1. The van der Waals surface area contributed by atoms with Crippen LogP contribution in [0.3, 0.4) is 0 Å². The van der Waals surface area contributed by atoms with Crippen molar-refractivity contribution in [1.82, 2.24) is 4.90 Å². The number of ether oxygens (including phenoxy) is 1. The molecule has 1 heterocycles. The fraction of sp³-hybridized carbons (Fsp3) is 0.375. The Balaban J connectivity index is 1.11. The number of alkyl halides is 3. The van der Waals surface area contributed by atoms with Gasteiger partial charge in [-0.15, -0.1) is 0 Å². The molecule has 1 amide bonds. The summed E-state index contributed by atoms with van der Waals surface area (Å²) in [5.74, 6) is 0.414. The van der Waals surface area contributed by atoms with Crippen LogP contribution in [0.5, 0.6) is 5.75 Å². The number of aryl methyl sites for hydroxylation is 1. The minimum absolute atomic E-state index is 0.0398. The van der Waals surface area contributed by atoms with Gasteiger partial charge in [-0.05, 0) is 84.8 Å². The van der Waals surface area contributed by atoms with Crippen LogP contribution in [0.15, 0.2) is 78.0 Å². The predicted molar refractivity (Wildman–Crippen MR) is 152 cm³/mol. The lowest BCUT2D eigenvalue weighted by Crippen LogP contribution is -2.50. The van der Waals surface area contributed by atoms with Crippen molar-refractivity contribution >= 4 is 17.3 Å². The molecule has 1 unspecified atom stereocenters. The number of hydrogen-bond acceptors (Lipinski definition) is 5. The average Bonchev–Trinajstić information content (AvgIpc) is 3.00. The van der Waals surface area contributed by atoms with E-state index in [2.05, 4.69) is 23.4 Å². The zero-order valence-corrected chi connectivity index (χ0v) is 23.1. The summed E-state index contributed by atoms with van der Waals surface area (Å²) in [7, 11) is 0. The third-order valence-corrected chi connectivity index (χ3v) is 7.66. The summed E-state index contributed by atoms with van der Waals surface area (Å²) in [4.78, 5) is 22.3. The molecule has 1 atom stereocenters. The van der Waals surface area contributed by atoms with Crippen LogP contribution in [0.4, 0.5) is 18.9 Å². The number of piperazine rings is 1. The summed E-state index contributed by atoms with van der Waals surface area (Å²) >= 11 is 0. The van der Waals surface area contributed by atoms with Crippen LogP contribution in [0.25, 0.3) is 0 Å². The molecule has 9 heteroatoms. The van der Waals surface area contributed by atoms with Crippen LogP contribution in [0, 0.1) is 0 Å². The van der Waals surface area contributed by atoms with E-state index in [0.717, 1.165) is 42.7 Å². The zero-order chi connectivity index (χ0) is 28.8. The molecule has 3 aromatic rings. The van der Waals surface area contributed by atoms with E-state index in [-0.39, 0.29) is 18.6 Å². The Bertz CT molecular complexity index is 1370. The number of rotatable bonds is 8. The largest absolute Gasteiger partial charge is 0.484 e. The molecular weight excluding hydrogens is 531 g/mol. The standard InChI is InChI=1S/C32H34F3N3O3/c1-2-29(36-41-30-12-5-8-23-7-3-4-11-28(23)30)24-13-15-27(16-14-24)40-22-31(39)38-19-17-37(18-20-38)26-10-6-9-25(21-26)32(33,34)35/h3-4,6-7,9-11,13-16,21,30H,2,5,8,12,17-20,22H2,1H3. The lowest BCUT2D eigenvalue weighted by Gasteiger charge is -2.36. The van der Waals surface area contributed by atoms with E-state index in [1.165, 1.54) is 17.2 Å². The summed E-state index contributed by atoms with van der Waals surface area (Å²) < 4.78 is 44.9. The van der Waals surface area contributed by atoms with Crippen LogP contribution < -0.4 is 9.64 Å². The molecule has 216 valence electrons. The van der Waals surface area contributed by atoms with Gasteiger partial charge in [0.2, 0.25) is 0 Å². The fourth-order valence-electron chi connectivity index (χ4n) is 5.34. The Labute approximate surface area is 238 Å². The molecule has 0 bridgehead atoms. The van der Waals surface area contributed by atoms with Crippen molar-refractivity contribution in [2.75, 3.05) is 37.7 Å². The number of anilines is 1. The van der Waals surface area contributed by atoms with Crippen molar-refractivity contribution in [3.8, 4) is 5.75 Å². The molecule has 1 aliphatic carbocycles. The molecule has 6 nitrogen and oxygen atoms in total. The number of benzene rings is 3. The summed E-state index contributed by atoms with van der Waals surface area (Å²) in [6.45, 7) is 3.66. The van der Waals surface area contributed by atoms with Gasteiger partial charge in [0.1, 0.15) is 5.75 Å². The normalized spacial score (nSPS) is 17.7. The first-order valence-electron chi connectivity index (χ1n) is 14.1. The highest BCUT2D eigenvalue weighted by molar-refractivity contribution is 6.00. The Hall–Kier alpha value is -4.01. The topological polar surface area (TPSA) is 54.4 Å². The quantitative estimate of drug-likeness (QED) is 0.227. The number of halogens is 3. The number of carbonyl (C=O) groups excluding carboxylic acids is 1. The van der Waals surface area contributed by atoms with Gasteiger partial charge in [-0.1, -0.05) is 42.4 Å². The Morgan fingerprint density at radius 3 is 2.46 bits per heavy atom. The van der Waals surface area contributed by atoms with Gasteiger partial charge in [0.05, 0.1) is 11.3 Å². The third-order valence-electron chi connectivity index (χ3n) is 7.66. The molecule has 1 aliphatic heterocycles. The molecule has 41 heavy (non-hydrogen) atoms. The molecule has 0 saturated carbocycles. The van der Waals surface area contributed by atoms with Gasteiger partial charge in [-0.25, -0.2) is 0 Å². The summed E-state index contributed by atoms with van der Waals surface area (Å²) in [5, 5.41) is 4.50. The highest BCUT2D eigenvalue weighted by Crippen LogP contribution is 2.33. The lowest BCUT2D eigenvalue weighted by molar-refractivity contribution is -0.137. The minimum atomic E-state index is -4.39. The molecular formula is C32H34F3N3O3. The second-order valence-electron chi connectivity index (χ2n) is 10.3. The number of fused-ring (bicyclic) bond motifs is 1. The van der Waals surface area contributed by atoms with Crippen LogP contribution in [0.1, 0.15) is 54.5 Å². The molecule has 1 fully saturated rings. The van der Waals surface area contributed by atoms with E-state index in [1.807, 2.05) is 42.2 Å². The van der Waals surface area contributed by atoms with Gasteiger partial charge in [0.15, 0.2) is 12.7 Å². The van der Waals surface area contributed by atoms with E-state index in [4.69, 9.17) is 9.57 Å². The van der Waals surface area contributed by atoms with Crippen molar-refractivity contribution in [2.45, 2.75) is 44.9 Å². The van der Waals surface area contributed by atoms with Crippen LogP contribution in [-0.4, -0.2) is 49.3 Å². The summed E-state index contributed by atoms with van der Waals surface area (Å²) in [5.41, 5.74) is 4.14. The average molecular weight is 566 g/mol. The van der Waals surface area contributed by atoms with E-state index < -0.39 is 11.7 Å². The maximum absolute atomic E-state index is 13.1. The molecule has 0 radical (unpaired) electrons. The zero-order valence-electron chi connectivity index (χ0n) is 23.1. The minimum Gasteiger partial charge on any atom is -0.484 e. The van der Waals surface area contributed by atoms with Crippen molar-refractivity contribution in [2.24, 2.45) is 5.16 Å². The molecule has 0 spiro atoms. The highest BCUT2D eigenvalue weighted by atomic mass is 19.4. The molecule has 1 saturated heterocycles.